The number of carboxylic acid groups (broad SMARTS) is 1. The predicted octanol–water partition coefficient (Wildman–Crippen LogP) is 2.75. The van der Waals surface area contributed by atoms with E-state index in [0.29, 0.717) is 31.4 Å². The number of carbonyl (C=O) groups is 3. The summed E-state index contributed by atoms with van der Waals surface area (Å²) in [4.78, 5) is 43.5. The van der Waals surface area contributed by atoms with Crippen molar-refractivity contribution in [2.75, 3.05) is 13.7 Å². The molecular weight excluding hydrogens is 601 g/mol. The van der Waals surface area contributed by atoms with Gasteiger partial charge >= 0.3 is 22.6 Å². The number of carbonyl (C=O) groups excluding carboxylic acids is 2. The lowest BCUT2D eigenvalue weighted by molar-refractivity contribution is -0.233. The lowest BCUT2D eigenvalue weighted by atomic mass is 10.1. The summed E-state index contributed by atoms with van der Waals surface area (Å²) in [6.45, 7) is 2.40. The quantitative estimate of drug-likeness (QED) is 0.354. The van der Waals surface area contributed by atoms with Gasteiger partial charge in [-0.15, -0.1) is 0 Å². The fraction of sp³-hybridized carbons (Fsp3) is 0.538. The highest BCUT2D eigenvalue weighted by molar-refractivity contribution is 7.85. The molecule has 1 saturated carbocycles. The van der Waals surface area contributed by atoms with Crippen LogP contribution in [0.3, 0.4) is 0 Å². The topological polar surface area (TPSA) is 173 Å². The number of halogens is 3. The third kappa shape index (κ3) is 6.56. The highest BCUT2D eigenvalue weighted by Gasteiger charge is 2.62. The van der Waals surface area contributed by atoms with Gasteiger partial charge in [-0.05, 0) is 55.8 Å². The summed E-state index contributed by atoms with van der Waals surface area (Å²) in [5.41, 5.74) is -4.95. The van der Waals surface area contributed by atoms with Crippen molar-refractivity contribution in [1.29, 1.82) is 0 Å². The van der Waals surface area contributed by atoms with E-state index in [1.165, 1.54) is 18.0 Å². The number of nitrogens with one attached hydrogen (secondary N) is 2. The van der Waals surface area contributed by atoms with Crippen LogP contribution in [0.15, 0.2) is 30.5 Å². The van der Waals surface area contributed by atoms with E-state index < -0.39 is 63.6 Å². The van der Waals surface area contributed by atoms with Crippen molar-refractivity contribution in [3.8, 4) is 11.6 Å². The number of rotatable bonds is 10. The number of benzene rings is 1. The van der Waals surface area contributed by atoms with E-state index in [-0.39, 0.29) is 25.3 Å². The van der Waals surface area contributed by atoms with Crippen molar-refractivity contribution in [3.05, 3.63) is 30.5 Å². The third-order valence-electron chi connectivity index (χ3n) is 7.59. The maximum absolute atomic E-state index is 13.4. The van der Waals surface area contributed by atoms with E-state index >= 15 is 0 Å². The summed E-state index contributed by atoms with van der Waals surface area (Å²) in [7, 11) is -3.73. The molecule has 4 unspecified atom stereocenters. The summed E-state index contributed by atoms with van der Waals surface area (Å²) in [5.74, 6) is -1.96. The van der Waals surface area contributed by atoms with Gasteiger partial charge in [0.2, 0.25) is 11.8 Å². The summed E-state index contributed by atoms with van der Waals surface area (Å²) in [5, 5.41) is 13.6. The molecule has 2 aromatic rings. The second-order valence-electron chi connectivity index (χ2n) is 10.9. The first-order valence-electron chi connectivity index (χ1n) is 13.2. The smallest absolute Gasteiger partial charge is 0.418 e. The number of hydrogen-bond acceptors (Lipinski definition) is 9. The maximum Gasteiger partial charge on any atom is 0.418 e. The number of pyridine rings is 1. The molecule has 3 amide bonds. The van der Waals surface area contributed by atoms with Crippen LogP contribution in [-0.2, 0) is 24.1 Å². The maximum atomic E-state index is 13.4. The first-order chi connectivity index (χ1) is 19.9. The highest BCUT2D eigenvalue weighted by Crippen LogP contribution is 2.46. The van der Waals surface area contributed by atoms with Crippen LogP contribution in [0.5, 0.6) is 11.6 Å². The molecule has 0 bridgehead atoms. The molecule has 0 spiro atoms. The van der Waals surface area contributed by atoms with Crippen molar-refractivity contribution in [1.82, 2.24) is 19.9 Å². The molecule has 2 heterocycles. The SMILES string of the molecule is CCC1CC1(NC(=O)C1CC(Oc2nccc3cc(OC)ccc23)CN1C(=O)O)C(=O)NS(=O)(=O)OC(C)(C)C(F)(F)F. The van der Waals surface area contributed by atoms with Gasteiger partial charge in [0.25, 0.3) is 5.91 Å². The molecule has 0 radical (unpaired) electrons. The van der Waals surface area contributed by atoms with Crippen LogP contribution >= 0.6 is 0 Å². The Kier molecular flexibility index (Phi) is 8.45. The van der Waals surface area contributed by atoms with Gasteiger partial charge in [-0.1, -0.05) is 13.3 Å². The number of amides is 3. The van der Waals surface area contributed by atoms with Crippen molar-refractivity contribution < 1.29 is 54.7 Å². The van der Waals surface area contributed by atoms with Gasteiger partial charge in [0, 0.05) is 18.0 Å². The van der Waals surface area contributed by atoms with Gasteiger partial charge in [0.05, 0.1) is 13.7 Å². The highest BCUT2D eigenvalue weighted by atomic mass is 32.2. The first kappa shape index (κ1) is 32.1. The second-order valence-corrected chi connectivity index (χ2v) is 12.2. The molecule has 1 aromatic heterocycles. The van der Waals surface area contributed by atoms with Gasteiger partial charge in [-0.2, -0.15) is 21.6 Å². The third-order valence-corrected chi connectivity index (χ3v) is 8.66. The molecule has 17 heteroatoms. The Morgan fingerprint density at radius 1 is 1.21 bits per heavy atom. The minimum Gasteiger partial charge on any atom is -0.497 e. The van der Waals surface area contributed by atoms with Gasteiger partial charge in [0.1, 0.15) is 23.4 Å². The first-order valence-corrected chi connectivity index (χ1v) is 14.6. The Morgan fingerprint density at radius 3 is 2.49 bits per heavy atom. The molecular formula is C26H31F3N4O9S. The van der Waals surface area contributed by atoms with Crippen LogP contribution in [0.4, 0.5) is 18.0 Å². The zero-order valence-electron chi connectivity index (χ0n) is 23.6. The zero-order chi connectivity index (χ0) is 32.0. The van der Waals surface area contributed by atoms with Crippen molar-refractivity contribution in [3.63, 3.8) is 0 Å². The molecule has 13 nitrogen and oxygen atoms in total. The minimum absolute atomic E-state index is 0.0254. The van der Waals surface area contributed by atoms with Crippen LogP contribution in [0.1, 0.15) is 40.0 Å². The average molecular weight is 633 g/mol. The number of hydrogen-bond donors (Lipinski definition) is 3. The van der Waals surface area contributed by atoms with Crippen LogP contribution in [0, 0.1) is 5.92 Å². The van der Waals surface area contributed by atoms with E-state index in [0.717, 1.165) is 10.3 Å². The van der Waals surface area contributed by atoms with Crippen LogP contribution in [-0.4, -0.2) is 84.4 Å². The van der Waals surface area contributed by atoms with E-state index in [1.54, 1.807) is 31.2 Å². The fourth-order valence-corrected chi connectivity index (χ4v) is 6.10. The Hall–Kier alpha value is -3.86. The van der Waals surface area contributed by atoms with Crippen LogP contribution < -0.4 is 19.5 Å². The zero-order valence-corrected chi connectivity index (χ0v) is 24.4. The summed E-state index contributed by atoms with van der Waals surface area (Å²) in [6.07, 6.45) is -5.66. The minimum atomic E-state index is -5.25. The van der Waals surface area contributed by atoms with Gasteiger partial charge in [0.15, 0.2) is 5.60 Å². The molecule has 1 saturated heterocycles. The largest absolute Gasteiger partial charge is 0.497 e. The number of alkyl halides is 3. The Balaban J connectivity index is 1.50. The average Bonchev–Trinajstić information content (AvgIpc) is 3.45. The van der Waals surface area contributed by atoms with Gasteiger partial charge in [-0.25, -0.2) is 18.7 Å². The van der Waals surface area contributed by atoms with Crippen LogP contribution in [0.25, 0.3) is 10.8 Å². The van der Waals surface area contributed by atoms with Crippen molar-refractivity contribution in [2.45, 2.75) is 69.5 Å². The number of methoxy groups -OCH3 is 1. The monoisotopic (exact) mass is 632 g/mol. The van der Waals surface area contributed by atoms with Crippen molar-refractivity contribution in [2.24, 2.45) is 5.92 Å². The number of ether oxygens (including phenoxy) is 2. The summed E-state index contributed by atoms with van der Waals surface area (Å²) < 4.78 is 81.0. The molecule has 4 atom stereocenters. The molecule has 1 aliphatic carbocycles. The lowest BCUT2D eigenvalue weighted by Crippen LogP contribution is -2.57. The van der Waals surface area contributed by atoms with E-state index in [1.807, 2.05) is 0 Å². The summed E-state index contributed by atoms with van der Waals surface area (Å²) in [6, 6.07) is 5.60. The van der Waals surface area contributed by atoms with E-state index in [4.69, 9.17) is 9.47 Å². The molecule has 43 heavy (non-hydrogen) atoms. The van der Waals surface area contributed by atoms with Gasteiger partial charge in [-0.3, -0.25) is 14.5 Å². The number of likely N-dealkylation sites (tertiary alicyclic amines) is 1. The van der Waals surface area contributed by atoms with Gasteiger partial charge < -0.3 is 19.9 Å². The standard InChI is InChI=1S/C26H31F3N4O9S/c1-5-15-12-25(15,22(35)32-43(38,39)42-24(2,3)26(27,28)29)31-20(34)19-11-17(13-33(19)23(36)37)41-21-18-7-6-16(40-4)10-14(18)8-9-30-21/h6-10,15,17,19H,5,11-13H2,1-4H3,(H,31,34)(H,32,35)(H,36,37). The Bertz CT molecular complexity index is 1540. The molecule has 1 aliphatic heterocycles. The molecule has 2 fully saturated rings. The number of aromatic nitrogens is 1. The lowest BCUT2D eigenvalue weighted by Gasteiger charge is -2.28. The summed E-state index contributed by atoms with van der Waals surface area (Å²) >= 11 is 0. The second kappa shape index (κ2) is 11.3. The molecule has 3 N–H and O–H groups in total. The number of nitrogens with zero attached hydrogens (tertiary/aromatic N) is 2. The molecule has 2 aliphatic rings. The van der Waals surface area contributed by atoms with Crippen LogP contribution in [0.2, 0.25) is 0 Å². The van der Waals surface area contributed by atoms with Crippen molar-refractivity contribution >= 4 is 39.0 Å². The van der Waals surface area contributed by atoms with E-state index in [9.17, 15) is 41.1 Å². The molecule has 4 rings (SSSR count). The Morgan fingerprint density at radius 2 is 1.91 bits per heavy atom. The normalized spacial score (nSPS) is 24.0. The number of fused-ring (bicyclic) bond motifs is 1. The Labute approximate surface area is 244 Å². The fourth-order valence-electron chi connectivity index (χ4n) is 5.01. The molecule has 236 valence electrons. The predicted molar refractivity (Wildman–Crippen MR) is 143 cm³/mol. The molecule has 1 aromatic carbocycles. The van der Waals surface area contributed by atoms with E-state index in [2.05, 4.69) is 14.5 Å².